The number of benzene rings is 2. The van der Waals surface area contributed by atoms with Crippen LogP contribution in [-0.2, 0) is 0 Å². The summed E-state index contributed by atoms with van der Waals surface area (Å²) in [4.78, 5) is 15.0. The zero-order valence-corrected chi connectivity index (χ0v) is 17.9. The maximum Gasteiger partial charge on any atom is 0.160 e. The highest BCUT2D eigenvalue weighted by Gasteiger charge is 2.46. The van der Waals surface area contributed by atoms with Gasteiger partial charge in [-0.15, -0.1) is 0 Å². The summed E-state index contributed by atoms with van der Waals surface area (Å²) in [5, 5.41) is 1.18. The molecule has 5 heteroatoms. The minimum absolute atomic E-state index is 0.0329. The van der Waals surface area contributed by atoms with Crippen LogP contribution in [0, 0.1) is 0 Å². The van der Waals surface area contributed by atoms with Crippen molar-refractivity contribution in [2.75, 3.05) is 5.75 Å². The lowest BCUT2D eigenvalue weighted by Gasteiger charge is -2.33. The van der Waals surface area contributed by atoms with Crippen molar-refractivity contribution in [2.24, 2.45) is 4.99 Å². The monoisotopic (exact) mass is 417 g/mol. The first-order chi connectivity index (χ1) is 14.3. The van der Waals surface area contributed by atoms with E-state index in [0.29, 0.717) is 6.04 Å². The van der Waals surface area contributed by atoms with E-state index in [-0.39, 0.29) is 12.1 Å². The lowest BCUT2D eigenvalue weighted by atomic mass is 9.95. The molecule has 3 atom stereocenters. The Morgan fingerprint density at radius 3 is 2.59 bits per heavy atom. The number of hydrogen-bond donors (Lipinski definition) is 0. The number of thioether (sulfide) groups is 1. The Bertz CT molecular complexity index is 1010. The van der Waals surface area contributed by atoms with Crippen LogP contribution >= 0.6 is 23.5 Å². The maximum atomic E-state index is 5.16. The minimum atomic E-state index is 0.0329. The Morgan fingerprint density at radius 1 is 1.00 bits per heavy atom. The standard InChI is InChI=1S/C24H23N3S2/c1-2-17-16-28-24-26-22(20-13-8-9-15-25-20)23(27(17)24)19-12-6-7-14-21(19)29-18-10-4-3-5-11-18/h3-15,17,22-23H,2,16H2,1H3/t17-,22+,23+/m1/s1. The summed E-state index contributed by atoms with van der Waals surface area (Å²) in [7, 11) is 0. The number of nitrogens with zero attached hydrogens (tertiary/aromatic N) is 3. The molecule has 0 saturated carbocycles. The fourth-order valence-electron chi connectivity index (χ4n) is 4.12. The van der Waals surface area contributed by atoms with Gasteiger partial charge in [0.25, 0.3) is 0 Å². The van der Waals surface area contributed by atoms with Crippen LogP contribution in [0.3, 0.4) is 0 Å². The molecule has 2 aliphatic heterocycles. The maximum absolute atomic E-state index is 5.16. The normalized spacial score (nSPS) is 23.1. The Balaban J connectivity index is 1.59. The van der Waals surface area contributed by atoms with Gasteiger partial charge in [-0.3, -0.25) is 9.98 Å². The van der Waals surface area contributed by atoms with Gasteiger partial charge >= 0.3 is 0 Å². The molecule has 2 aromatic carbocycles. The first kappa shape index (κ1) is 18.8. The number of aliphatic imine (C=N–C) groups is 1. The highest BCUT2D eigenvalue weighted by Crippen LogP contribution is 2.50. The number of amidine groups is 1. The van der Waals surface area contributed by atoms with Crippen molar-refractivity contribution in [2.45, 2.75) is 41.3 Å². The molecule has 0 spiro atoms. The second-order valence-corrected chi connectivity index (χ2v) is 9.39. The van der Waals surface area contributed by atoms with E-state index in [2.05, 4.69) is 83.5 Å². The zero-order valence-electron chi connectivity index (χ0n) is 16.3. The van der Waals surface area contributed by atoms with Crippen LogP contribution in [-0.4, -0.2) is 26.8 Å². The average molecular weight is 418 g/mol. The molecule has 0 unspecified atom stereocenters. The van der Waals surface area contributed by atoms with Crippen LogP contribution in [0.15, 0.2) is 93.8 Å². The van der Waals surface area contributed by atoms with Crippen molar-refractivity contribution in [3.05, 3.63) is 90.3 Å². The zero-order chi connectivity index (χ0) is 19.6. The van der Waals surface area contributed by atoms with Crippen molar-refractivity contribution < 1.29 is 0 Å². The van der Waals surface area contributed by atoms with Gasteiger partial charge in [0.2, 0.25) is 0 Å². The third-order valence-electron chi connectivity index (χ3n) is 5.54. The van der Waals surface area contributed by atoms with Gasteiger partial charge in [0.05, 0.1) is 11.7 Å². The van der Waals surface area contributed by atoms with E-state index in [1.54, 1.807) is 0 Å². The van der Waals surface area contributed by atoms with E-state index >= 15 is 0 Å². The van der Waals surface area contributed by atoms with Crippen molar-refractivity contribution in [1.29, 1.82) is 0 Å². The quantitative estimate of drug-likeness (QED) is 0.493. The van der Waals surface area contributed by atoms with Gasteiger partial charge in [0.15, 0.2) is 5.17 Å². The van der Waals surface area contributed by atoms with Crippen molar-refractivity contribution in [3.63, 3.8) is 0 Å². The summed E-state index contributed by atoms with van der Waals surface area (Å²) in [6.45, 7) is 2.28. The lowest BCUT2D eigenvalue weighted by molar-refractivity contribution is 0.252. The highest BCUT2D eigenvalue weighted by molar-refractivity contribution is 8.14. The van der Waals surface area contributed by atoms with Crippen LogP contribution in [0.5, 0.6) is 0 Å². The minimum Gasteiger partial charge on any atom is -0.338 e. The molecule has 0 bridgehead atoms. The molecule has 3 aromatic rings. The molecule has 29 heavy (non-hydrogen) atoms. The van der Waals surface area contributed by atoms with E-state index in [9.17, 15) is 0 Å². The molecule has 3 heterocycles. The summed E-state index contributed by atoms with van der Waals surface area (Å²) in [6, 6.07) is 26.3. The summed E-state index contributed by atoms with van der Waals surface area (Å²) in [5.74, 6) is 1.12. The first-order valence-corrected chi connectivity index (χ1v) is 11.9. The molecule has 0 N–H and O–H groups in total. The first-order valence-electron chi connectivity index (χ1n) is 10.1. The van der Waals surface area contributed by atoms with Crippen LogP contribution in [0.4, 0.5) is 0 Å². The molecule has 146 valence electrons. The molecule has 2 aliphatic rings. The number of hydrogen-bond acceptors (Lipinski definition) is 5. The number of aromatic nitrogens is 1. The Labute approximate surface area is 180 Å². The van der Waals surface area contributed by atoms with Gasteiger partial charge in [-0.05, 0) is 42.3 Å². The average Bonchev–Trinajstić information content (AvgIpc) is 3.35. The van der Waals surface area contributed by atoms with E-state index in [1.807, 2.05) is 35.8 Å². The third kappa shape index (κ3) is 3.58. The van der Waals surface area contributed by atoms with Gasteiger partial charge in [-0.25, -0.2) is 0 Å². The van der Waals surface area contributed by atoms with E-state index in [0.717, 1.165) is 17.9 Å². The molecule has 0 aliphatic carbocycles. The van der Waals surface area contributed by atoms with Gasteiger partial charge in [-0.2, -0.15) is 0 Å². The molecule has 0 radical (unpaired) electrons. The molecule has 3 nitrogen and oxygen atoms in total. The predicted octanol–water partition coefficient (Wildman–Crippen LogP) is 6.21. The summed E-state index contributed by atoms with van der Waals surface area (Å²) in [6.07, 6.45) is 3.01. The van der Waals surface area contributed by atoms with E-state index in [1.165, 1.54) is 20.5 Å². The van der Waals surface area contributed by atoms with Crippen LogP contribution in [0.25, 0.3) is 0 Å². The van der Waals surface area contributed by atoms with Gasteiger partial charge in [0.1, 0.15) is 6.04 Å². The van der Waals surface area contributed by atoms with Crippen LogP contribution in [0.2, 0.25) is 0 Å². The van der Waals surface area contributed by atoms with E-state index < -0.39 is 0 Å². The molecule has 1 fully saturated rings. The summed E-state index contributed by atoms with van der Waals surface area (Å²) in [5.41, 5.74) is 2.39. The fourth-order valence-corrected chi connectivity index (χ4v) is 6.46. The second-order valence-electron chi connectivity index (χ2n) is 7.29. The van der Waals surface area contributed by atoms with Gasteiger partial charge in [0, 0.05) is 27.8 Å². The Kier molecular flexibility index (Phi) is 5.34. The number of pyridine rings is 1. The topological polar surface area (TPSA) is 28.5 Å². The highest BCUT2D eigenvalue weighted by atomic mass is 32.2. The largest absolute Gasteiger partial charge is 0.338 e. The fraction of sp³-hybridized carbons (Fsp3) is 0.250. The lowest BCUT2D eigenvalue weighted by Crippen LogP contribution is -2.35. The smallest absolute Gasteiger partial charge is 0.160 e. The van der Waals surface area contributed by atoms with Gasteiger partial charge < -0.3 is 4.90 Å². The van der Waals surface area contributed by atoms with Crippen molar-refractivity contribution >= 4 is 28.7 Å². The van der Waals surface area contributed by atoms with E-state index in [4.69, 9.17) is 4.99 Å². The predicted molar refractivity (Wildman–Crippen MR) is 123 cm³/mol. The van der Waals surface area contributed by atoms with Crippen LogP contribution < -0.4 is 0 Å². The number of fused-ring (bicyclic) bond motifs is 1. The van der Waals surface area contributed by atoms with Crippen LogP contribution in [0.1, 0.15) is 36.7 Å². The molecule has 5 rings (SSSR count). The Hall–Kier alpha value is -2.24. The van der Waals surface area contributed by atoms with Gasteiger partial charge in [-0.1, -0.05) is 72.9 Å². The molecular formula is C24H23N3S2. The van der Waals surface area contributed by atoms with Crippen molar-refractivity contribution in [3.8, 4) is 0 Å². The summed E-state index contributed by atoms with van der Waals surface area (Å²) < 4.78 is 0. The summed E-state index contributed by atoms with van der Waals surface area (Å²) >= 11 is 3.73. The van der Waals surface area contributed by atoms with Crippen molar-refractivity contribution in [1.82, 2.24) is 9.88 Å². The molecular weight excluding hydrogens is 394 g/mol. The SMILES string of the molecule is CC[C@@H]1CSC2=N[C@@H](c3ccccn3)[C@H](c3ccccc3Sc3ccccc3)N21. The Morgan fingerprint density at radius 2 is 1.79 bits per heavy atom. The molecule has 1 saturated heterocycles. The number of rotatable bonds is 5. The second kappa shape index (κ2) is 8.25. The molecule has 0 amide bonds. The third-order valence-corrected chi connectivity index (χ3v) is 7.76. The molecule has 1 aromatic heterocycles.